The summed E-state index contributed by atoms with van der Waals surface area (Å²) in [7, 11) is 1.77. The summed E-state index contributed by atoms with van der Waals surface area (Å²) in [5.74, 6) is 1.94. The predicted molar refractivity (Wildman–Crippen MR) is 111 cm³/mol. The molecule has 1 aliphatic rings. The van der Waals surface area contributed by atoms with E-state index in [1.165, 1.54) is 17.7 Å². The molecule has 3 heterocycles. The first-order valence-corrected chi connectivity index (χ1v) is 9.15. The Balaban J connectivity index is 0.00000225. The number of rotatable bonds is 6. The lowest BCUT2D eigenvalue weighted by atomic mass is 10.2. The molecular weight excluding hydrogens is 451 g/mol. The van der Waals surface area contributed by atoms with Gasteiger partial charge in [0.1, 0.15) is 0 Å². The number of hydrogen-bond acceptors (Lipinski definition) is 6. The van der Waals surface area contributed by atoms with E-state index in [1.807, 2.05) is 18.3 Å². The molecule has 9 heteroatoms. The molecule has 7 nitrogen and oxygen atoms in total. The van der Waals surface area contributed by atoms with E-state index in [2.05, 4.69) is 48.2 Å². The Hall–Kier alpha value is -1.20. The molecule has 2 aromatic heterocycles. The number of aryl methyl sites for hydroxylation is 1. The number of halogens is 1. The van der Waals surface area contributed by atoms with Gasteiger partial charge in [0, 0.05) is 18.5 Å². The van der Waals surface area contributed by atoms with E-state index in [4.69, 9.17) is 4.52 Å². The summed E-state index contributed by atoms with van der Waals surface area (Å²) in [6, 6.07) is 4.72. The van der Waals surface area contributed by atoms with Crippen LogP contribution in [0.2, 0.25) is 0 Å². The number of guanidine groups is 1. The van der Waals surface area contributed by atoms with Gasteiger partial charge in [0.25, 0.3) is 0 Å². The van der Waals surface area contributed by atoms with Crippen LogP contribution in [0, 0.1) is 6.92 Å². The third-order valence-corrected chi connectivity index (χ3v) is 5.09. The second kappa shape index (κ2) is 10.1. The highest BCUT2D eigenvalue weighted by Crippen LogP contribution is 2.27. The van der Waals surface area contributed by atoms with Crippen molar-refractivity contribution in [1.82, 2.24) is 25.7 Å². The van der Waals surface area contributed by atoms with Gasteiger partial charge in [0.05, 0.1) is 12.6 Å². The van der Waals surface area contributed by atoms with Crippen molar-refractivity contribution in [2.24, 2.45) is 4.99 Å². The van der Waals surface area contributed by atoms with Crippen molar-refractivity contribution >= 4 is 41.3 Å². The zero-order valence-corrected chi connectivity index (χ0v) is 17.7. The van der Waals surface area contributed by atoms with Crippen molar-refractivity contribution in [3.63, 3.8) is 0 Å². The first-order valence-electron chi connectivity index (χ1n) is 8.27. The molecule has 1 atom stereocenters. The maximum Gasteiger partial charge on any atom is 0.246 e. The number of aliphatic imine (C=N–C) groups is 1. The van der Waals surface area contributed by atoms with E-state index in [1.54, 1.807) is 7.05 Å². The number of thiophene rings is 1. The van der Waals surface area contributed by atoms with Crippen LogP contribution in [0.25, 0.3) is 0 Å². The Labute approximate surface area is 169 Å². The van der Waals surface area contributed by atoms with Crippen molar-refractivity contribution in [1.29, 1.82) is 0 Å². The minimum absolute atomic E-state index is 0. The first-order chi connectivity index (χ1) is 11.8. The van der Waals surface area contributed by atoms with Gasteiger partial charge in [-0.25, -0.2) is 0 Å². The van der Waals surface area contributed by atoms with Crippen molar-refractivity contribution in [3.05, 3.63) is 34.1 Å². The highest BCUT2D eigenvalue weighted by molar-refractivity contribution is 14.0. The molecule has 2 N–H and O–H groups in total. The average Bonchev–Trinajstić information content (AvgIpc) is 3.33. The fourth-order valence-corrected chi connectivity index (χ4v) is 3.79. The molecule has 0 aromatic carbocycles. The maximum atomic E-state index is 5.11. The zero-order valence-electron chi connectivity index (χ0n) is 14.6. The van der Waals surface area contributed by atoms with Crippen molar-refractivity contribution in [3.8, 4) is 0 Å². The molecule has 1 fully saturated rings. The monoisotopic (exact) mass is 476 g/mol. The number of nitrogens with zero attached hydrogens (tertiary/aromatic N) is 4. The molecule has 0 aliphatic carbocycles. The summed E-state index contributed by atoms with van der Waals surface area (Å²) >= 11 is 1.81. The molecule has 0 spiro atoms. The second-order valence-electron chi connectivity index (χ2n) is 5.82. The highest BCUT2D eigenvalue weighted by atomic mass is 127. The van der Waals surface area contributed by atoms with Crippen molar-refractivity contribution in [2.45, 2.75) is 32.4 Å². The lowest BCUT2D eigenvalue weighted by Gasteiger charge is -2.27. The van der Waals surface area contributed by atoms with E-state index < -0.39 is 0 Å². The topological polar surface area (TPSA) is 78.6 Å². The fraction of sp³-hybridized carbons (Fsp3) is 0.562. The largest absolute Gasteiger partial charge is 0.354 e. The van der Waals surface area contributed by atoms with Gasteiger partial charge in [-0.05, 0) is 44.3 Å². The van der Waals surface area contributed by atoms with Crippen LogP contribution in [0.15, 0.2) is 27.0 Å². The summed E-state index contributed by atoms with van der Waals surface area (Å²) in [6.45, 7) is 5.42. The van der Waals surface area contributed by atoms with E-state index in [0.717, 1.165) is 25.6 Å². The molecule has 3 rings (SSSR count). The first kappa shape index (κ1) is 20.1. The van der Waals surface area contributed by atoms with Crippen LogP contribution in [0.4, 0.5) is 0 Å². The molecule has 2 aromatic rings. The normalized spacial score (nSPS) is 16.5. The SMILES string of the molecule is CN=C(NCc1nc(C)no1)NCC(c1cccs1)N1CCCC1.I. The number of aromatic nitrogens is 2. The molecule has 1 saturated heterocycles. The smallest absolute Gasteiger partial charge is 0.246 e. The third-order valence-electron chi connectivity index (χ3n) is 4.12. The molecule has 0 bridgehead atoms. The van der Waals surface area contributed by atoms with Crippen LogP contribution in [0.5, 0.6) is 0 Å². The Bertz CT molecular complexity index is 653. The molecule has 138 valence electrons. The molecule has 1 aliphatic heterocycles. The van der Waals surface area contributed by atoms with Crippen molar-refractivity contribution in [2.75, 3.05) is 26.7 Å². The van der Waals surface area contributed by atoms with Crippen LogP contribution >= 0.6 is 35.3 Å². The van der Waals surface area contributed by atoms with Crippen LogP contribution in [-0.4, -0.2) is 47.7 Å². The van der Waals surface area contributed by atoms with Gasteiger partial charge in [-0.3, -0.25) is 9.89 Å². The second-order valence-corrected chi connectivity index (χ2v) is 6.80. The summed E-state index contributed by atoms with van der Waals surface area (Å²) in [5, 5.41) is 12.6. The third kappa shape index (κ3) is 5.65. The van der Waals surface area contributed by atoms with Gasteiger partial charge in [-0.2, -0.15) is 4.98 Å². The number of nitrogens with one attached hydrogen (secondary N) is 2. The molecular formula is C16H25IN6OS. The van der Waals surface area contributed by atoms with E-state index in [9.17, 15) is 0 Å². The fourth-order valence-electron chi connectivity index (χ4n) is 2.93. The molecule has 1 unspecified atom stereocenters. The zero-order chi connectivity index (χ0) is 16.8. The summed E-state index contributed by atoms with van der Waals surface area (Å²) < 4.78 is 5.11. The van der Waals surface area contributed by atoms with Crippen LogP contribution in [0.3, 0.4) is 0 Å². The number of likely N-dealkylation sites (tertiary alicyclic amines) is 1. The van der Waals surface area contributed by atoms with Gasteiger partial charge in [-0.1, -0.05) is 11.2 Å². The Morgan fingerprint density at radius 1 is 1.40 bits per heavy atom. The summed E-state index contributed by atoms with van der Waals surface area (Å²) in [5.41, 5.74) is 0. The van der Waals surface area contributed by atoms with Crippen LogP contribution in [0.1, 0.15) is 35.5 Å². The summed E-state index contributed by atoms with van der Waals surface area (Å²) in [6.07, 6.45) is 2.57. The molecule has 0 saturated carbocycles. The van der Waals surface area contributed by atoms with Gasteiger partial charge < -0.3 is 15.2 Å². The van der Waals surface area contributed by atoms with E-state index in [-0.39, 0.29) is 24.0 Å². The van der Waals surface area contributed by atoms with Crippen molar-refractivity contribution < 1.29 is 4.52 Å². The van der Waals surface area contributed by atoms with Gasteiger partial charge in [0.2, 0.25) is 5.89 Å². The standard InChI is InChI=1S/C16H24N6OS.HI/c1-12-20-15(23-21-12)11-19-16(17-2)18-10-13(14-6-5-9-24-14)22-7-3-4-8-22;/h5-6,9,13H,3-4,7-8,10-11H2,1-2H3,(H2,17,18,19);1H. The lowest BCUT2D eigenvalue weighted by molar-refractivity contribution is 0.249. The van der Waals surface area contributed by atoms with Crippen LogP contribution < -0.4 is 10.6 Å². The minimum Gasteiger partial charge on any atom is -0.354 e. The molecule has 25 heavy (non-hydrogen) atoms. The minimum atomic E-state index is 0. The van der Waals surface area contributed by atoms with Gasteiger partial charge in [-0.15, -0.1) is 35.3 Å². The predicted octanol–water partition coefficient (Wildman–Crippen LogP) is 2.56. The summed E-state index contributed by atoms with van der Waals surface area (Å²) in [4.78, 5) is 12.4. The average molecular weight is 476 g/mol. The van der Waals surface area contributed by atoms with E-state index in [0.29, 0.717) is 24.3 Å². The maximum absolute atomic E-state index is 5.11. The quantitative estimate of drug-likeness (QED) is 0.379. The van der Waals surface area contributed by atoms with Gasteiger partial charge >= 0.3 is 0 Å². The Kier molecular flexibility index (Phi) is 8.10. The lowest BCUT2D eigenvalue weighted by Crippen LogP contribution is -2.42. The molecule has 0 radical (unpaired) electrons. The van der Waals surface area contributed by atoms with Crippen LogP contribution in [-0.2, 0) is 6.54 Å². The Morgan fingerprint density at radius 2 is 2.20 bits per heavy atom. The van der Waals surface area contributed by atoms with E-state index >= 15 is 0 Å². The number of hydrogen-bond donors (Lipinski definition) is 2. The Morgan fingerprint density at radius 3 is 2.80 bits per heavy atom. The highest BCUT2D eigenvalue weighted by Gasteiger charge is 2.24. The van der Waals surface area contributed by atoms with Gasteiger partial charge in [0.15, 0.2) is 11.8 Å². The molecule has 0 amide bonds.